The minimum atomic E-state index is 0.138. The van der Waals surface area contributed by atoms with E-state index in [0.717, 1.165) is 58.7 Å². The standard InChI is InChI=1S/C17H35N3O2/c1-5-19(6-2)11-12-20(13-15(3)4)17(21)14-22-16-7-9-18-10-8-16/h15-16,18H,5-14H2,1-4H3. The summed E-state index contributed by atoms with van der Waals surface area (Å²) in [6.07, 6.45) is 2.27. The number of carbonyl (C=O) groups excluding carboxylic acids is 1. The Morgan fingerprint density at radius 1 is 1.18 bits per heavy atom. The largest absolute Gasteiger partial charge is 0.368 e. The summed E-state index contributed by atoms with van der Waals surface area (Å²) in [5, 5.41) is 3.32. The molecule has 0 saturated carbocycles. The zero-order valence-corrected chi connectivity index (χ0v) is 14.9. The minimum absolute atomic E-state index is 0.138. The van der Waals surface area contributed by atoms with Crippen LogP contribution in [0, 0.1) is 5.92 Å². The Kier molecular flexibility index (Phi) is 9.68. The lowest BCUT2D eigenvalue weighted by Crippen LogP contribution is -2.43. The van der Waals surface area contributed by atoms with Crippen molar-refractivity contribution in [2.75, 3.05) is 52.4 Å². The van der Waals surface area contributed by atoms with E-state index in [1.165, 1.54) is 0 Å². The molecule has 0 aromatic carbocycles. The van der Waals surface area contributed by atoms with Gasteiger partial charge in [0.05, 0.1) is 6.10 Å². The zero-order valence-electron chi connectivity index (χ0n) is 14.9. The molecular formula is C17H35N3O2. The molecule has 5 nitrogen and oxygen atoms in total. The number of hydrogen-bond acceptors (Lipinski definition) is 4. The molecule has 0 atom stereocenters. The topological polar surface area (TPSA) is 44.8 Å². The Labute approximate surface area is 136 Å². The van der Waals surface area contributed by atoms with Gasteiger partial charge in [0.15, 0.2) is 0 Å². The summed E-state index contributed by atoms with van der Waals surface area (Å²) in [7, 11) is 0. The van der Waals surface area contributed by atoms with Crippen LogP contribution in [0.1, 0.15) is 40.5 Å². The fourth-order valence-corrected chi connectivity index (χ4v) is 2.80. The van der Waals surface area contributed by atoms with Crippen LogP contribution in [0.4, 0.5) is 0 Å². The molecule has 0 radical (unpaired) electrons. The molecule has 0 spiro atoms. The molecule has 1 amide bonds. The third-order valence-electron chi connectivity index (χ3n) is 4.25. The van der Waals surface area contributed by atoms with E-state index in [9.17, 15) is 4.79 Å². The predicted molar refractivity (Wildman–Crippen MR) is 91.0 cm³/mol. The van der Waals surface area contributed by atoms with Crippen LogP contribution in [0.2, 0.25) is 0 Å². The molecule has 0 aliphatic carbocycles. The van der Waals surface area contributed by atoms with Crippen molar-refractivity contribution in [3.05, 3.63) is 0 Å². The number of carbonyl (C=O) groups is 1. The molecule has 1 fully saturated rings. The Morgan fingerprint density at radius 3 is 2.36 bits per heavy atom. The molecule has 1 rings (SSSR count). The highest BCUT2D eigenvalue weighted by atomic mass is 16.5. The van der Waals surface area contributed by atoms with Crippen LogP contribution >= 0.6 is 0 Å². The maximum Gasteiger partial charge on any atom is 0.248 e. The van der Waals surface area contributed by atoms with Crippen LogP contribution in [-0.4, -0.2) is 74.2 Å². The number of ether oxygens (including phenoxy) is 1. The van der Waals surface area contributed by atoms with Gasteiger partial charge in [0.1, 0.15) is 6.61 Å². The van der Waals surface area contributed by atoms with Gasteiger partial charge in [0.2, 0.25) is 5.91 Å². The molecule has 1 heterocycles. The van der Waals surface area contributed by atoms with Crippen LogP contribution in [0.15, 0.2) is 0 Å². The molecule has 5 heteroatoms. The lowest BCUT2D eigenvalue weighted by atomic mass is 10.1. The first-order valence-corrected chi connectivity index (χ1v) is 8.89. The summed E-state index contributed by atoms with van der Waals surface area (Å²) in [5.74, 6) is 0.624. The van der Waals surface area contributed by atoms with Crippen LogP contribution < -0.4 is 5.32 Å². The highest BCUT2D eigenvalue weighted by Gasteiger charge is 2.19. The van der Waals surface area contributed by atoms with Gasteiger partial charge in [-0.3, -0.25) is 4.79 Å². The van der Waals surface area contributed by atoms with E-state index < -0.39 is 0 Å². The van der Waals surface area contributed by atoms with Crippen LogP contribution in [0.5, 0.6) is 0 Å². The van der Waals surface area contributed by atoms with Crippen molar-refractivity contribution in [1.29, 1.82) is 0 Å². The second-order valence-corrected chi connectivity index (χ2v) is 6.52. The van der Waals surface area contributed by atoms with Gasteiger partial charge in [0, 0.05) is 19.6 Å². The van der Waals surface area contributed by atoms with E-state index in [1.54, 1.807) is 0 Å². The third kappa shape index (κ3) is 7.56. The quantitative estimate of drug-likeness (QED) is 0.665. The third-order valence-corrected chi connectivity index (χ3v) is 4.25. The zero-order chi connectivity index (χ0) is 16.4. The van der Waals surface area contributed by atoms with Gasteiger partial charge in [0.25, 0.3) is 0 Å². The van der Waals surface area contributed by atoms with Crippen LogP contribution in [0.3, 0.4) is 0 Å². The first-order valence-electron chi connectivity index (χ1n) is 8.89. The second-order valence-electron chi connectivity index (χ2n) is 6.52. The molecule has 130 valence electrons. The Hall–Kier alpha value is -0.650. The monoisotopic (exact) mass is 313 g/mol. The fourth-order valence-electron chi connectivity index (χ4n) is 2.80. The van der Waals surface area contributed by atoms with Gasteiger partial charge >= 0.3 is 0 Å². The highest BCUT2D eigenvalue weighted by Crippen LogP contribution is 2.08. The average Bonchev–Trinajstić information content (AvgIpc) is 2.53. The molecule has 0 aromatic rings. The lowest BCUT2D eigenvalue weighted by molar-refractivity contribution is -0.139. The van der Waals surface area contributed by atoms with E-state index in [4.69, 9.17) is 4.74 Å². The summed E-state index contributed by atoms with van der Waals surface area (Å²) in [5.41, 5.74) is 0. The van der Waals surface area contributed by atoms with Crippen molar-refractivity contribution in [3.63, 3.8) is 0 Å². The number of rotatable bonds is 10. The van der Waals surface area contributed by atoms with Crippen LogP contribution in [-0.2, 0) is 9.53 Å². The fraction of sp³-hybridized carbons (Fsp3) is 0.941. The first-order chi connectivity index (χ1) is 10.6. The van der Waals surface area contributed by atoms with Gasteiger partial charge in [-0.15, -0.1) is 0 Å². The molecular weight excluding hydrogens is 278 g/mol. The lowest BCUT2D eigenvalue weighted by Gasteiger charge is -2.29. The molecule has 22 heavy (non-hydrogen) atoms. The Balaban J connectivity index is 2.41. The highest BCUT2D eigenvalue weighted by molar-refractivity contribution is 5.77. The normalized spacial score (nSPS) is 16.5. The number of nitrogens with one attached hydrogen (secondary N) is 1. The SMILES string of the molecule is CCN(CC)CCN(CC(C)C)C(=O)COC1CCNCC1. The average molecular weight is 313 g/mol. The van der Waals surface area contributed by atoms with Gasteiger partial charge in [-0.1, -0.05) is 27.7 Å². The van der Waals surface area contributed by atoms with Gasteiger partial charge in [-0.25, -0.2) is 0 Å². The molecule has 0 unspecified atom stereocenters. The van der Waals surface area contributed by atoms with Crippen LogP contribution in [0.25, 0.3) is 0 Å². The van der Waals surface area contributed by atoms with Crippen molar-refractivity contribution >= 4 is 5.91 Å². The summed E-state index contributed by atoms with van der Waals surface area (Å²) in [4.78, 5) is 16.8. The summed E-state index contributed by atoms with van der Waals surface area (Å²) in [6.45, 7) is 15.5. The number of amides is 1. The predicted octanol–water partition coefficient (Wildman–Crippen LogP) is 1.58. The summed E-state index contributed by atoms with van der Waals surface area (Å²) < 4.78 is 5.82. The molecule has 1 aliphatic heterocycles. The Bertz CT molecular complexity index is 300. The van der Waals surface area contributed by atoms with E-state index in [2.05, 4.69) is 37.9 Å². The molecule has 1 aliphatic rings. The van der Waals surface area contributed by atoms with E-state index in [0.29, 0.717) is 5.92 Å². The maximum absolute atomic E-state index is 12.5. The van der Waals surface area contributed by atoms with Gasteiger partial charge in [-0.05, 0) is 44.9 Å². The first kappa shape index (κ1) is 19.4. The number of nitrogens with zero attached hydrogens (tertiary/aromatic N) is 2. The summed E-state index contributed by atoms with van der Waals surface area (Å²) >= 11 is 0. The van der Waals surface area contributed by atoms with E-state index >= 15 is 0 Å². The molecule has 0 bridgehead atoms. The Morgan fingerprint density at radius 2 is 1.82 bits per heavy atom. The van der Waals surface area contributed by atoms with Crippen molar-refractivity contribution in [3.8, 4) is 0 Å². The second kappa shape index (κ2) is 11.0. The maximum atomic E-state index is 12.5. The van der Waals surface area contributed by atoms with E-state index in [1.807, 2.05) is 4.90 Å². The summed E-state index contributed by atoms with van der Waals surface area (Å²) in [6, 6.07) is 0. The molecule has 1 saturated heterocycles. The molecule has 1 N–H and O–H groups in total. The van der Waals surface area contributed by atoms with Crippen molar-refractivity contribution < 1.29 is 9.53 Å². The van der Waals surface area contributed by atoms with Crippen molar-refractivity contribution in [2.45, 2.75) is 46.6 Å². The van der Waals surface area contributed by atoms with Gasteiger partial charge < -0.3 is 19.9 Å². The van der Waals surface area contributed by atoms with Crippen molar-refractivity contribution in [2.24, 2.45) is 5.92 Å². The minimum Gasteiger partial charge on any atom is -0.368 e. The molecule has 0 aromatic heterocycles. The van der Waals surface area contributed by atoms with E-state index in [-0.39, 0.29) is 18.6 Å². The van der Waals surface area contributed by atoms with Gasteiger partial charge in [-0.2, -0.15) is 0 Å². The van der Waals surface area contributed by atoms with Crippen molar-refractivity contribution in [1.82, 2.24) is 15.1 Å². The number of hydrogen-bond donors (Lipinski definition) is 1. The number of piperidine rings is 1. The number of likely N-dealkylation sites (N-methyl/N-ethyl adjacent to an activating group) is 1. The smallest absolute Gasteiger partial charge is 0.248 e.